The van der Waals surface area contributed by atoms with Crippen LogP contribution in [-0.4, -0.2) is 37.0 Å². The smallest absolute Gasteiger partial charge is 0.226 e. The molecule has 160 valence electrons. The van der Waals surface area contributed by atoms with Gasteiger partial charge in [0.1, 0.15) is 12.1 Å². The van der Waals surface area contributed by atoms with Gasteiger partial charge in [-0.05, 0) is 35.9 Å². The highest BCUT2D eigenvalue weighted by molar-refractivity contribution is 5.94. The fraction of sp³-hybridized carbons (Fsp3) is 0.261. The van der Waals surface area contributed by atoms with Gasteiger partial charge in [-0.15, -0.1) is 0 Å². The summed E-state index contributed by atoms with van der Waals surface area (Å²) in [5, 5.41) is 9.47. The van der Waals surface area contributed by atoms with Gasteiger partial charge in [0.25, 0.3) is 0 Å². The van der Waals surface area contributed by atoms with E-state index in [0.29, 0.717) is 37.8 Å². The molecular weight excluding hydrogens is 397 g/mol. The molecule has 31 heavy (non-hydrogen) atoms. The maximum absolute atomic E-state index is 13.1. The molecule has 0 saturated carbocycles. The Morgan fingerprint density at radius 1 is 1.23 bits per heavy atom. The molecule has 0 spiro atoms. The van der Waals surface area contributed by atoms with Gasteiger partial charge in [0, 0.05) is 50.1 Å². The molecule has 8 heteroatoms. The van der Waals surface area contributed by atoms with E-state index in [1.54, 1.807) is 25.4 Å². The van der Waals surface area contributed by atoms with E-state index < -0.39 is 0 Å². The zero-order chi connectivity index (χ0) is 21.6. The lowest BCUT2D eigenvalue weighted by Crippen LogP contribution is -2.41. The molecule has 2 heterocycles. The number of nitrogens with one attached hydrogen (secondary N) is 3. The van der Waals surface area contributed by atoms with Crippen LogP contribution >= 0.6 is 0 Å². The number of benzene rings is 2. The Bertz CT molecular complexity index is 1080. The second-order valence-electron chi connectivity index (χ2n) is 7.32. The van der Waals surface area contributed by atoms with Crippen molar-refractivity contribution in [3.63, 3.8) is 0 Å². The first-order chi connectivity index (χ1) is 15.1. The first-order valence-electron chi connectivity index (χ1n) is 10.2. The molecule has 0 saturated heterocycles. The van der Waals surface area contributed by atoms with Crippen LogP contribution in [0.4, 0.5) is 10.1 Å². The lowest BCUT2D eigenvalue weighted by Gasteiger charge is -2.26. The number of rotatable bonds is 6. The molecule has 0 bridgehead atoms. The number of carbonyl (C=O) groups is 1. The first-order valence-corrected chi connectivity index (χ1v) is 10.2. The van der Waals surface area contributed by atoms with Gasteiger partial charge in [0.15, 0.2) is 5.96 Å². The molecule has 2 aromatic carbocycles. The monoisotopic (exact) mass is 421 g/mol. The van der Waals surface area contributed by atoms with Gasteiger partial charge in [0.05, 0.1) is 5.69 Å². The summed E-state index contributed by atoms with van der Waals surface area (Å²) in [5.74, 6) is 0.933. The Morgan fingerprint density at radius 2 is 2.03 bits per heavy atom. The number of oxazole rings is 1. The highest BCUT2D eigenvalue weighted by Crippen LogP contribution is 2.31. The highest BCUT2D eigenvalue weighted by atomic mass is 19.1. The Kier molecular flexibility index (Phi) is 6.26. The van der Waals surface area contributed by atoms with Gasteiger partial charge >= 0.3 is 0 Å². The number of hydrogen-bond acceptors (Lipinski definition) is 4. The summed E-state index contributed by atoms with van der Waals surface area (Å²) in [6.07, 6.45) is 2.68. The third-order valence-corrected chi connectivity index (χ3v) is 5.16. The maximum Gasteiger partial charge on any atom is 0.226 e. The third kappa shape index (κ3) is 5.09. The molecule has 3 aromatic rings. The largest absolute Gasteiger partial charge is 0.444 e. The van der Waals surface area contributed by atoms with Crippen molar-refractivity contribution in [2.45, 2.75) is 18.8 Å². The van der Waals surface area contributed by atoms with Crippen LogP contribution in [0.15, 0.2) is 64.2 Å². The first kappa shape index (κ1) is 20.6. The lowest BCUT2D eigenvalue weighted by atomic mass is 9.90. The Morgan fingerprint density at radius 3 is 2.84 bits per heavy atom. The second-order valence-corrected chi connectivity index (χ2v) is 7.32. The zero-order valence-corrected chi connectivity index (χ0v) is 17.2. The summed E-state index contributed by atoms with van der Waals surface area (Å²) in [4.78, 5) is 20.7. The van der Waals surface area contributed by atoms with Crippen molar-refractivity contribution in [1.82, 2.24) is 15.6 Å². The summed E-state index contributed by atoms with van der Waals surface area (Å²) in [6, 6.07) is 13.9. The minimum Gasteiger partial charge on any atom is -0.444 e. The quantitative estimate of drug-likeness (QED) is 0.420. The van der Waals surface area contributed by atoms with Crippen LogP contribution in [0, 0.1) is 5.82 Å². The van der Waals surface area contributed by atoms with Gasteiger partial charge in [0.2, 0.25) is 11.8 Å². The van der Waals surface area contributed by atoms with Crippen molar-refractivity contribution in [1.29, 1.82) is 0 Å². The number of aromatic nitrogens is 1. The van der Waals surface area contributed by atoms with Gasteiger partial charge in [-0.1, -0.05) is 18.2 Å². The summed E-state index contributed by atoms with van der Waals surface area (Å²) in [5.41, 5.74) is 3.52. The van der Waals surface area contributed by atoms with E-state index >= 15 is 0 Å². The highest BCUT2D eigenvalue weighted by Gasteiger charge is 2.24. The van der Waals surface area contributed by atoms with Crippen LogP contribution in [0.1, 0.15) is 23.6 Å². The molecule has 0 aliphatic carbocycles. The van der Waals surface area contributed by atoms with Crippen molar-refractivity contribution in [2.75, 3.05) is 25.5 Å². The number of hydrogen-bond donors (Lipinski definition) is 3. The number of anilines is 1. The molecular formula is C23H24FN5O2. The zero-order valence-electron chi connectivity index (χ0n) is 17.2. The van der Waals surface area contributed by atoms with E-state index in [1.807, 2.05) is 24.3 Å². The minimum absolute atomic E-state index is 0.0245. The second kappa shape index (κ2) is 9.42. The average molecular weight is 421 g/mol. The molecule has 4 rings (SSSR count). The normalized spacial score (nSPS) is 15.9. The number of amides is 1. The SMILES string of the molecule is CN=C(NCCc1coc(-c2ccc(F)cc2)n1)NCC1CC(=O)Nc2ccccc21. The lowest BCUT2D eigenvalue weighted by molar-refractivity contribution is -0.116. The molecule has 1 atom stereocenters. The number of fused-ring (bicyclic) bond motifs is 1. The number of carbonyl (C=O) groups excluding carboxylic acids is 1. The fourth-order valence-electron chi connectivity index (χ4n) is 3.58. The molecule has 3 N–H and O–H groups in total. The van der Waals surface area contributed by atoms with Crippen molar-refractivity contribution >= 4 is 17.6 Å². The molecule has 1 aliphatic heterocycles. The standard InChI is InChI=1S/C23H24FN5O2/c1-25-23(27-13-16-12-21(30)29-20-5-3-2-4-19(16)20)26-11-10-18-14-31-22(28-18)15-6-8-17(24)9-7-15/h2-9,14,16H,10-13H2,1H3,(H,29,30)(H2,25,26,27). The Hall–Kier alpha value is -3.68. The predicted octanol–water partition coefficient (Wildman–Crippen LogP) is 3.31. The van der Waals surface area contributed by atoms with Crippen LogP contribution in [0.2, 0.25) is 0 Å². The molecule has 1 aliphatic rings. The minimum atomic E-state index is -0.295. The van der Waals surface area contributed by atoms with Gasteiger partial charge in [-0.25, -0.2) is 9.37 Å². The van der Waals surface area contributed by atoms with Crippen LogP contribution in [0.3, 0.4) is 0 Å². The van der Waals surface area contributed by atoms with Gasteiger partial charge in [-0.2, -0.15) is 0 Å². The Balaban J connectivity index is 1.28. The number of guanidine groups is 1. The number of aliphatic imine (C=N–C) groups is 1. The Labute approximate surface area is 179 Å². The summed E-state index contributed by atoms with van der Waals surface area (Å²) in [6.45, 7) is 1.21. The van der Waals surface area contributed by atoms with E-state index in [0.717, 1.165) is 22.5 Å². The molecule has 1 amide bonds. The molecule has 1 unspecified atom stereocenters. The number of nitrogens with zero attached hydrogens (tertiary/aromatic N) is 2. The van der Waals surface area contributed by atoms with Gasteiger partial charge in [-0.3, -0.25) is 9.79 Å². The summed E-state index contributed by atoms with van der Waals surface area (Å²) >= 11 is 0. The van der Waals surface area contributed by atoms with Crippen LogP contribution in [-0.2, 0) is 11.2 Å². The van der Waals surface area contributed by atoms with E-state index in [9.17, 15) is 9.18 Å². The van der Waals surface area contributed by atoms with Crippen LogP contribution < -0.4 is 16.0 Å². The van der Waals surface area contributed by atoms with Crippen molar-refractivity contribution < 1.29 is 13.6 Å². The topological polar surface area (TPSA) is 91.6 Å². The number of para-hydroxylation sites is 1. The van der Waals surface area contributed by atoms with E-state index in [-0.39, 0.29) is 17.6 Å². The van der Waals surface area contributed by atoms with Crippen molar-refractivity contribution in [3.8, 4) is 11.5 Å². The van der Waals surface area contributed by atoms with Crippen LogP contribution in [0.5, 0.6) is 0 Å². The maximum atomic E-state index is 13.1. The van der Waals surface area contributed by atoms with Crippen molar-refractivity contribution in [2.24, 2.45) is 4.99 Å². The van der Waals surface area contributed by atoms with E-state index in [1.165, 1.54) is 12.1 Å². The molecule has 0 fully saturated rings. The van der Waals surface area contributed by atoms with E-state index in [4.69, 9.17) is 4.42 Å². The number of halogens is 1. The molecule has 1 aromatic heterocycles. The van der Waals surface area contributed by atoms with E-state index in [2.05, 4.69) is 25.9 Å². The third-order valence-electron chi connectivity index (χ3n) is 5.16. The van der Waals surface area contributed by atoms with Crippen molar-refractivity contribution in [3.05, 3.63) is 71.9 Å². The predicted molar refractivity (Wildman–Crippen MR) is 117 cm³/mol. The molecule has 0 radical (unpaired) electrons. The van der Waals surface area contributed by atoms with Gasteiger partial charge < -0.3 is 20.4 Å². The average Bonchev–Trinajstić information content (AvgIpc) is 3.25. The molecule has 7 nitrogen and oxygen atoms in total. The van der Waals surface area contributed by atoms with Crippen LogP contribution in [0.25, 0.3) is 11.5 Å². The summed E-state index contributed by atoms with van der Waals surface area (Å²) < 4.78 is 18.6. The fourth-order valence-corrected chi connectivity index (χ4v) is 3.58. The summed E-state index contributed by atoms with van der Waals surface area (Å²) in [7, 11) is 1.71.